The van der Waals surface area contributed by atoms with Gasteiger partial charge >= 0.3 is 0 Å². The zero-order valence-electron chi connectivity index (χ0n) is 19.7. The number of nitrogens with zero attached hydrogens (tertiary/aromatic N) is 2. The van der Waals surface area contributed by atoms with E-state index in [9.17, 15) is 13.2 Å². The SMILES string of the molecule is COc1ccc(S(=O)(=O)N(CC(=O)NN=C(C)c2cccs2)c2cc(C)cc(C)c2)cc1OC. The predicted octanol–water partition coefficient (Wildman–Crippen LogP) is 4.12. The molecule has 0 aliphatic carbocycles. The van der Waals surface area contributed by atoms with Crippen molar-refractivity contribution in [3.05, 3.63) is 69.9 Å². The van der Waals surface area contributed by atoms with E-state index >= 15 is 0 Å². The molecule has 3 rings (SSSR count). The predicted molar refractivity (Wildman–Crippen MR) is 135 cm³/mol. The molecule has 1 N–H and O–H groups in total. The van der Waals surface area contributed by atoms with Crippen molar-refractivity contribution in [2.75, 3.05) is 25.1 Å². The molecule has 1 aromatic heterocycles. The van der Waals surface area contributed by atoms with Crippen molar-refractivity contribution in [3.8, 4) is 11.5 Å². The van der Waals surface area contributed by atoms with Crippen molar-refractivity contribution >= 4 is 38.7 Å². The molecule has 0 aliphatic heterocycles. The molecule has 34 heavy (non-hydrogen) atoms. The molecule has 0 saturated heterocycles. The van der Waals surface area contributed by atoms with Crippen LogP contribution < -0.4 is 19.2 Å². The minimum atomic E-state index is -4.13. The smallest absolute Gasteiger partial charge is 0.264 e. The number of thiophene rings is 1. The fourth-order valence-electron chi connectivity index (χ4n) is 3.37. The number of anilines is 1. The number of rotatable bonds is 9. The molecule has 0 aliphatic rings. The van der Waals surface area contributed by atoms with Crippen LogP contribution in [0.2, 0.25) is 0 Å². The van der Waals surface area contributed by atoms with Gasteiger partial charge in [-0.2, -0.15) is 5.10 Å². The lowest BCUT2D eigenvalue weighted by Gasteiger charge is -2.25. The Morgan fingerprint density at radius 3 is 2.29 bits per heavy atom. The van der Waals surface area contributed by atoms with Crippen molar-refractivity contribution in [3.63, 3.8) is 0 Å². The molecule has 3 aromatic rings. The van der Waals surface area contributed by atoms with Crippen LogP contribution in [0.5, 0.6) is 11.5 Å². The molecule has 0 radical (unpaired) electrons. The zero-order valence-corrected chi connectivity index (χ0v) is 21.3. The standard InChI is InChI=1S/C24H27N3O5S2/c1-16-11-17(2)13-19(12-16)27(15-24(28)26-25-18(3)23-7-6-10-33-23)34(29,30)20-8-9-21(31-4)22(14-20)32-5/h6-14H,15H2,1-5H3,(H,26,28). The highest BCUT2D eigenvalue weighted by Gasteiger charge is 2.28. The van der Waals surface area contributed by atoms with E-state index in [1.807, 2.05) is 37.4 Å². The number of nitrogens with one attached hydrogen (secondary N) is 1. The van der Waals surface area contributed by atoms with E-state index in [0.29, 0.717) is 17.1 Å². The number of aryl methyl sites for hydroxylation is 2. The number of ether oxygens (including phenoxy) is 2. The van der Waals surface area contributed by atoms with Gasteiger partial charge in [-0.05, 0) is 67.6 Å². The molecule has 1 heterocycles. The van der Waals surface area contributed by atoms with Crippen LogP contribution >= 0.6 is 11.3 Å². The number of amides is 1. The summed E-state index contributed by atoms with van der Waals surface area (Å²) in [6.07, 6.45) is 0. The average molecular weight is 502 g/mol. The van der Waals surface area contributed by atoms with E-state index in [4.69, 9.17) is 9.47 Å². The molecule has 0 spiro atoms. The van der Waals surface area contributed by atoms with Crippen molar-refractivity contribution < 1.29 is 22.7 Å². The number of sulfonamides is 1. The first kappa shape index (κ1) is 25.3. The maximum absolute atomic E-state index is 13.7. The van der Waals surface area contributed by atoms with Gasteiger partial charge in [-0.3, -0.25) is 9.10 Å². The van der Waals surface area contributed by atoms with Crippen LogP contribution in [0.25, 0.3) is 0 Å². The van der Waals surface area contributed by atoms with Crippen molar-refractivity contribution in [2.45, 2.75) is 25.7 Å². The minimum Gasteiger partial charge on any atom is -0.493 e. The van der Waals surface area contributed by atoms with E-state index < -0.39 is 22.5 Å². The van der Waals surface area contributed by atoms with E-state index in [1.54, 1.807) is 19.1 Å². The van der Waals surface area contributed by atoms with Crippen molar-refractivity contribution in [1.82, 2.24) is 5.43 Å². The second-order valence-corrected chi connectivity index (χ2v) is 10.4. The second-order valence-electron chi connectivity index (χ2n) is 7.58. The Morgan fingerprint density at radius 2 is 1.71 bits per heavy atom. The maximum Gasteiger partial charge on any atom is 0.264 e. The molecule has 1 amide bonds. The van der Waals surface area contributed by atoms with Crippen LogP contribution in [0, 0.1) is 13.8 Å². The first-order valence-electron chi connectivity index (χ1n) is 10.4. The Bertz CT molecular complexity index is 1280. The highest BCUT2D eigenvalue weighted by Crippen LogP contribution is 2.32. The Balaban J connectivity index is 1.98. The largest absolute Gasteiger partial charge is 0.493 e. The van der Waals surface area contributed by atoms with E-state index in [-0.39, 0.29) is 10.6 Å². The van der Waals surface area contributed by atoms with Gasteiger partial charge < -0.3 is 9.47 Å². The average Bonchev–Trinajstić information content (AvgIpc) is 3.34. The third kappa shape index (κ3) is 5.75. The van der Waals surface area contributed by atoms with E-state index in [0.717, 1.165) is 20.3 Å². The van der Waals surface area contributed by atoms with Crippen LogP contribution in [0.3, 0.4) is 0 Å². The highest BCUT2D eigenvalue weighted by molar-refractivity contribution is 7.92. The summed E-state index contributed by atoms with van der Waals surface area (Å²) in [7, 11) is -1.23. The first-order valence-corrected chi connectivity index (χ1v) is 12.7. The van der Waals surface area contributed by atoms with Gasteiger partial charge in [0.2, 0.25) is 0 Å². The number of carbonyl (C=O) groups excluding carboxylic acids is 1. The van der Waals surface area contributed by atoms with Crippen LogP contribution in [0.4, 0.5) is 5.69 Å². The van der Waals surface area contributed by atoms with Gasteiger partial charge in [0.1, 0.15) is 6.54 Å². The van der Waals surface area contributed by atoms with Crippen molar-refractivity contribution in [2.24, 2.45) is 5.10 Å². The molecule has 0 atom stereocenters. The molecule has 2 aromatic carbocycles. The van der Waals surface area contributed by atoms with Gasteiger partial charge in [-0.1, -0.05) is 12.1 Å². The third-order valence-electron chi connectivity index (χ3n) is 4.95. The van der Waals surface area contributed by atoms with Crippen LogP contribution in [0.1, 0.15) is 22.9 Å². The Morgan fingerprint density at radius 1 is 1.03 bits per heavy atom. The summed E-state index contributed by atoms with van der Waals surface area (Å²) in [5, 5.41) is 6.03. The number of methoxy groups -OCH3 is 2. The zero-order chi connectivity index (χ0) is 24.9. The van der Waals surface area contributed by atoms with Gasteiger partial charge in [0.25, 0.3) is 15.9 Å². The summed E-state index contributed by atoms with van der Waals surface area (Å²) in [5.41, 5.74) is 5.21. The number of benzene rings is 2. The molecular weight excluding hydrogens is 474 g/mol. The molecule has 10 heteroatoms. The fraction of sp³-hybridized carbons (Fsp3) is 0.250. The molecule has 0 bridgehead atoms. The summed E-state index contributed by atoms with van der Waals surface area (Å²) in [6.45, 7) is 5.05. The number of hydrogen-bond donors (Lipinski definition) is 1. The fourth-order valence-corrected chi connectivity index (χ4v) is 5.46. The van der Waals surface area contributed by atoms with Crippen LogP contribution in [-0.2, 0) is 14.8 Å². The van der Waals surface area contributed by atoms with E-state index in [1.165, 1.54) is 43.8 Å². The van der Waals surface area contributed by atoms with Gasteiger partial charge in [0, 0.05) is 10.9 Å². The summed E-state index contributed by atoms with van der Waals surface area (Å²) in [6, 6.07) is 13.5. The summed E-state index contributed by atoms with van der Waals surface area (Å²) in [5.74, 6) is 0.0965. The molecule has 0 unspecified atom stereocenters. The highest BCUT2D eigenvalue weighted by atomic mass is 32.2. The molecule has 0 fully saturated rings. The number of hydrogen-bond acceptors (Lipinski definition) is 7. The minimum absolute atomic E-state index is 0.0321. The lowest BCUT2D eigenvalue weighted by Crippen LogP contribution is -2.39. The van der Waals surface area contributed by atoms with Gasteiger partial charge in [0.15, 0.2) is 11.5 Å². The molecular formula is C24H27N3O5S2. The lowest BCUT2D eigenvalue weighted by atomic mass is 10.1. The Kier molecular flexibility index (Phi) is 7.95. The second kappa shape index (κ2) is 10.7. The molecule has 0 saturated carbocycles. The number of carbonyl (C=O) groups is 1. The van der Waals surface area contributed by atoms with Crippen molar-refractivity contribution in [1.29, 1.82) is 0 Å². The van der Waals surface area contributed by atoms with E-state index in [2.05, 4.69) is 10.5 Å². The van der Waals surface area contributed by atoms with Crippen LogP contribution in [0.15, 0.2) is 63.9 Å². The molecule has 180 valence electrons. The Labute approximate surface area is 203 Å². The Hall–Kier alpha value is -3.37. The maximum atomic E-state index is 13.7. The monoisotopic (exact) mass is 501 g/mol. The summed E-state index contributed by atoms with van der Waals surface area (Å²) in [4.78, 5) is 13.7. The molecule has 8 nitrogen and oxygen atoms in total. The topological polar surface area (TPSA) is 97.3 Å². The third-order valence-corrected chi connectivity index (χ3v) is 7.70. The normalized spacial score (nSPS) is 11.7. The summed E-state index contributed by atoms with van der Waals surface area (Å²) < 4.78 is 39.0. The quantitative estimate of drug-likeness (QED) is 0.351. The van der Waals surface area contributed by atoms with Crippen LogP contribution in [-0.4, -0.2) is 40.8 Å². The van der Waals surface area contributed by atoms with Gasteiger partial charge in [0.05, 0.1) is 30.5 Å². The van der Waals surface area contributed by atoms with Gasteiger partial charge in [-0.15, -0.1) is 11.3 Å². The van der Waals surface area contributed by atoms with Gasteiger partial charge in [-0.25, -0.2) is 13.8 Å². The lowest BCUT2D eigenvalue weighted by molar-refractivity contribution is -0.119. The number of hydrazone groups is 1. The first-order chi connectivity index (χ1) is 16.1. The summed E-state index contributed by atoms with van der Waals surface area (Å²) >= 11 is 1.49.